The molecule has 0 spiro atoms. The number of nitrogens with zero attached hydrogens (tertiary/aromatic N) is 2. The minimum absolute atomic E-state index is 0.982. The van der Waals surface area contributed by atoms with Gasteiger partial charge in [0.1, 0.15) is 8.07 Å². The van der Waals surface area contributed by atoms with E-state index in [1.165, 1.54) is 10.4 Å². The molecule has 0 aliphatic carbocycles. The largest absolute Gasteiger partial charge is 0.340 e. The van der Waals surface area contributed by atoms with Gasteiger partial charge in [0.15, 0.2) is 0 Å². The smallest absolute Gasteiger partial charge is 0.135 e. The van der Waals surface area contributed by atoms with Crippen molar-refractivity contribution < 1.29 is 0 Å². The summed E-state index contributed by atoms with van der Waals surface area (Å²) in [6.45, 7) is 2.42. The number of halogens is 2. The third-order valence-electron chi connectivity index (χ3n) is 4.02. The van der Waals surface area contributed by atoms with Crippen LogP contribution in [0.5, 0.6) is 0 Å². The summed E-state index contributed by atoms with van der Waals surface area (Å²) in [7, 11) is -1.87. The molecular weight excluding hydrogens is 420 g/mol. The molecule has 0 N–H and O–H groups in total. The van der Waals surface area contributed by atoms with Crippen LogP contribution < -0.4 is 10.4 Å². The van der Waals surface area contributed by atoms with Crippen molar-refractivity contribution >= 4 is 50.3 Å². The van der Waals surface area contributed by atoms with Gasteiger partial charge < -0.3 is 4.57 Å². The van der Waals surface area contributed by atoms with Crippen LogP contribution in [0.1, 0.15) is 0 Å². The second-order valence-corrected chi connectivity index (χ2v) is 11.5. The van der Waals surface area contributed by atoms with Gasteiger partial charge in [-0.25, -0.2) is 4.98 Å². The zero-order chi connectivity index (χ0) is 15.6. The molecule has 0 fully saturated rings. The zero-order valence-electron chi connectivity index (χ0n) is 12.2. The maximum atomic E-state index is 4.19. The van der Waals surface area contributed by atoms with Gasteiger partial charge in [0.25, 0.3) is 0 Å². The quantitative estimate of drug-likeness (QED) is 0.569. The van der Waals surface area contributed by atoms with E-state index in [0.717, 1.165) is 15.1 Å². The molecular formula is C17H16Br2N2Si. The number of hydrogen-bond donors (Lipinski definition) is 0. The van der Waals surface area contributed by atoms with Crippen molar-refractivity contribution in [2.75, 3.05) is 0 Å². The van der Waals surface area contributed by atoms with Gasteiger partial charge in [-0.1, -0.05) is 73.0 Å². The molecule has 1 aromatic heterocycles. The molecule has 0 amide bonds. The molecule has 0 saturated carbocycles. The first-order valence-corrected chi connectivity index (χ1v) is 11.3. The Hall–Kier alpha value is -1.17. The average Bonchev–Trinajstić information content (AvgIpc) is 3.01. The molecule has 3 rings (SSSR count). The first-order chi connectivity index (χ1) is 10.6. The molecule has 0 aliphatic heterocycles. The Bertz CT molecular complexity index is 692. The summed E-state index contributed by atoms with van der Waals surface area (Å²) < 4.78 is 4.42. The molecule has 0 unspecified atom stereocenters. The Morgan fingerprint density at radius 2 is 1.41 bits per heavy atom. The highest BCUT2D eigenvalue weighted by atomic mass is 79.9. The first-order valence-electron chi connectivity index (χ1n) is 7.06. The third kappa shape index (κ3) is 3.26. The van der Waals surface area contributed by atoms with Gasteiger partial charge in [-0.2, -0.15) is 0 Å². The fourth-order valence-electron chi connectivity index (χ4n) is 2.73. The van der Waals surface area contributed by atoms with Crippen LogP contribution in [0.2, 0.25) is 6.55 Å². The molecule has 0 saturated heterocycles. The highest BCUT2D eigenvalue weighted by Crippen LogP contribution is 2.14. The van der Waals surface area contributed by atoms with E-state index >= 15 is 0 Å². The molecule has 22 heavy (non-hydrogen) atoms. The van der Waals surface area contributed by atoms with E-state index in [-0.39, 0.29) is 0 Å². The van der Waals surface area contributed by atoms with Gasteiger partial charge in [-0.05, 0) is 24.3 Å². The molecule has 0 radical (unpaired) electrons. The monoisotopic (exact) mass is 434 g/mol. The molecule has 1 heterocycles. The Morgan fingerprint density at radius 3 is 1.82 bits per heavy atom. The Kier molecular flexibility index (Phi) is 4.66. The lowest BCUT2D eigenvalue weighted by Crippen LogP contribution is -2.58. The minimum Gasteiger partial charge on any atom is -0.340 e. The van der Waals surface area contributed by atoms with E-state index in [0.29, 0.717) is 0 Å². The second-order valence-electron chi connectivity index (χ2n) is 5.58. The third-order valence-corrected chi connectivity index (χ3v) is 9.29. The van der Waals surface area contributed by atoms with Crippen molar-refractivity contribution in [1.29, 1.82) is 0 Å². The van der Waals surface area contributed by atoms with Crippen LogP contribution >= 0.6 is 31.9 Å². The number of imidazole rings is 1. The van der Waals surface area contributed by atoms with Crippen molar-refractivity contribution in [3.05, 3.63) is 76.2 Å². The van der Waals surface area contributed by atoms with Crippen molar-refractivity contribution in [2.45, 2.75) is 12.7 Å². The normalized spacial score (nSPS) is 11.6. The Morgan fingerprint density at radius 1 is 0.909 bits per heavy atom. The molecule has 3 aromatic rings. The summed E-state index contributed by atoms with van der Waals surface area (Å²) in [6.07, 6.45) is 6.78. The fraction of sp³-hybridized carbons (Fsp3) is 0.118. The highest BCUT2D eigenvalue weighted by molar-refractivity contribution is 9.10. The van der Waals surface area contributed by atoms with Crippen LogP contribution in [0.15, 0.2) is 76.2 Å². The van der Waals surface area contributed by atoms with Crippen molar-refractivity contribution in [3.8, 4) is 0 Å². The fourth-order valence-corrected chi connectivity index (χ4v) is 6.68. The summed E-state index contributed by atoms with van der Waals surface area (Å²) in [5.41, 5.74) is 0. The lowest BCUT2D eigenvalue weighted by molar-refractivity contribution is 0.858. The summed E-state index contributed by atoms with van der Waals surface area (Å²) in [5.74, 6) is 0. The summed E-state index contributed by atoms with van der Waals surface area (Å²) in [4.78, 5) is 4.19. The predicted octanol–water partition coefficient (Wildman–Crippen LogP) is 3.84. The lowest BCUT2D eigenvalue weighted by Gasteiger charge is -2.29. The van der Waals surface area contributed by atoms with Gasteiger partial charge >= 0.3 is 0 Å². The van der Waals surface area contributed by atoms with Crippen LogP contribution in [0.3, 0.4) is 0 Å². The Labute approximate surface area is 148 Å². The van der Waals surface area contributed by atoms with Crippen molar-refractivity contribution in [2.24, 2.45) is 0 Å². The summed E-state index contributed by atoms with van der Waals surface area (Å²) >= 11 is 7.07. The number of rotatable bonds is 4. The molecule has 2 nitrogen and oxygen atoms in total. The van der Waals surface area contributed by atoms with Crippen LogP contribution in [0.25, 0.3) is 0 Å². The van der Waals surface area contributed by atoms with E-state index in [4.69, 9.17) is 0 Å². The van der Waals surface area contributed by atoms with Gasteiger partial charge in [0.2, 0.25) is 0 Å². The number of aromatic nitrogens is 2. The topological polar surface area (TPSA) is 17.8 Å². The van der Waals surface area contributed by atoms with E-state index in [9.17, 15) is 0 Å². The Balaban J connectivity index is 2.08. The van der Waals surface area contributed by atoms with E-state index in [2.05, 4.69) is 96.5 Å². The van der Waals surface area contributed by atoms with Gasteiger partial charge in [-0.3, -0.25) is 0 Å². The molecule has 0 aliphatic rings. The van der Waals surface area contributed by atoms with Crippen molar-refractivity contribution in [3.63, 3.8) is 0 Å². The number of hydrogen-bond acceptors (Lipinski definition) is 1. The van der Waals surface area contributed by atoms with Gasteiger partial charge in [0, 0.05) is 27.5 Å². The molecule has 2 aromatic carbocycles. The first kappa shape index (κ1) is 15.7. The molecule has 5 heteroatoms. The van der Waals surface area contributed by atoms with E-state index in [1.54, 1.807) is 0 Å². The van der Waals surface area contributed by atoms with E-state index < -0.39 is 8.07 Å². The van der Waals surface area contributed by atoms with Crippen LogP contribution in [0, 0.1) is 0 Å². The zero-order valence-corrected chi connectivity index (χ0v) is 16.4. The van der Waals surface area contributed by atoms with Gasteiger partial charge in [-0.15, -0.1) is 0 Å². The predicted molar refractivity (Wildman–Crippen MR) is 101 cm³/mol. The lowest BCUT2D eigenvalue weighted by atomic mass is 10.4. The standard InChI is InChI=1S/C17H16Br2N2Si/c1-22(13-21-11-10-20-12-21,16-6-2-14(18)3-7-16)17-8-4-15(19)5-9-17/h2-12H,13H2,1H3. The maximum absolute atomic E-state index is 4.19. The highest BCUT2D eigenvalue weighted by Gasteiger charge is 2.32. The summed E-state index contributed by atoms with van der Waals surface area (Å²) in [6, 6.07) is 17.5. The second kappa shape index (κ2) is 6.52. The molecule has 112 valence electrons. The SMILES string of the molecule is C[Si](Cn1ccnc1)(c1ccc(Br)cc1)c1ccc(Br)cc1. The summed E-state index contributed by atoms with van der Waals surface area (Å²) in [5, 5.41) is 2.85. The molecule has 0 bridgehead atoms. The van der Waals surface area contributed by atoms with Crippen LogP contribution in [-0.2, 0) is 6.17 Å². The maximum Gasteiger partial charge on any atom is 0.135 e. The van der Waals surface area contributed by atoms with Gasteiger partial charge in [0.05, 0.1) is 6.33 Å². The van der Waals surface area contributed by atoms with Crippen LogP contribution in [0.4, 0.5) is 0 Å². The van der Waals surface area contributed by atoms with Crippen molar-refractivity contribution in [1.82, 2.24) is 9.55 Å². The van der Waals surface area contributed by atoms with E-state index in [1.807, 2.05) is 18.7 Å². The average molecular weight is 436 g/mol. The minimum atomic E-state index is -1.87. The van der Waals surface area contributed by atoms with Crippen LogP contribution in [-0.4, -0.2) is 17.6 Å². The number of benzene rings is 2. The molecule has 0 atom stereocenters.